The first-order chi connectivity index (χ1) is 6.56. The minimum atomic E-state index is 0.409. The van der Waals surface area contributed by atoms with E-state index in [1.165, 1.54) is 0 Å². The van der Waals surface area contributed by atoms with Gasteiger partial charge in [0.05, 0.1) is 17.1 Å². The summed E-state index contributed by atoms with van der Waals surface area (Å²) in [5.41, 5.74) is 3.82. The van der Waals surface area contributed by atoms with E-state index in [2.05, 4.69) is 28.8 Å². The van der Waals surface area contributed by atoms with Crippen molar-refractivity contribution < 1.29 is 0 Å². The summed E-state index contributed by atoms with van der Waals surface area (Å²) < 4.78 is 0. The van der Waals surface area contributed by atoms with Crippen molar-refractivity contribution in [3.05, 3.63) is 23.3 Å². The van der Waals surface area contributed by atoms with Crippen molar-refractivity contribution in [1.82, 2.24) is 9.97 Å². The van der Waals surface area contributed by atoms with Crippen LogP contribution in [-0.2, 0) is 0 Å². The summed E-state index contributed by atoms with van der Waals surface area (Å²) in [6, 6.07) is 0. The summed E-state index contributed by atoms with van der Waals surface area (Å²) in [5.74, 6) is 0.409. The number of hydrogen-bond donors (Lipinski definition) is 0. The van der Waals surface area contributed by atoms with Gasteiger partial charge in [-0.3, -0.25) is 9.98 Å². The van der Waals surface area contributed by atoms with E-state index in [4.69, 9.17) is 0 Å². The average Bonchev–Trinajstić information content (AvgIpc) is 2.17. The van der Waals surface area contributed by atoms with Gasteiger partial charge in [0.2, 0.25) is 0 Å². The number of rotatable bonds is 2. The highest BCUT2D eigenvalue weighted by molar-refractivity contribution is 5.97. The highest BCUT2D eigenvalue weighted by Crippen LogP contribution is 2.12. The molecule has 0 N–H and O–H groups in total. The van der Waals surface area contributed by atoms with Crippen LogP contribution in [0.5, 0.6) is 0 Å². The summed E-state index contributed by atoms with van der Waals surface area (Å²) in [6.07, 6.45) is 1.84. The first kappa shape index (κ1) is 10.8. The number of aromatic nitrogens is 2. The third kappa shape index (κ3) is 2.16. The largest absolute Gasteiger partial charge is 0.291 e. The van der Waals surface area contributed by atoms with Crippen molar-refractivity contribution in [3.63, 3.8) is 0 Å². The van der Waals surface area contributed by atoms with Crippen molar-refractivity contribution in [2.45, 2.75) is 33.6 Å². The highest BCUT2D eigenvalue weighted by Gasteiger charge is 2.08. The van der Waals surface area contributed by atoms with Crippen LogP contribution in [0.2, 0.25) is 0 Å². The molecule has 0 unspecified atom stereocenters. The maximum Gasteiger partial charge on any atom is 0.105 e. The third-order valence-electron chi connectivity index (χ3n) is 2.24. The summed E-state index contributed by atoms with van der Waals surface area (Å²) in [4.78, 5) is 13.0. The smallest absolute Gasteiger partial charge is 0.105 e. The molecule has 0 aliphatic carbocycles. The van der Waals surface area contributed by atoms with Crippen molar-refractivity contribution in [2.24, 2.45) is 4.99 Å². The van der Waals surface area contributed by atoms with Gasteiger partial charge in [0, 0.05) is 13.2 Å². The Morgan fingerprint density at radius 3 is 2.57 bits per heavy atom. The maximum absolute atomic E-state index is 4.55. The molecule has 0 aliphatic rings. The Hall–Kier alpha value is -1.25. The van der Waals surface area contributed by atoms with E-state index in [9.17, 15) is 0 Å². The summed E-state index contributed by atoms with van der Waals surface area (Å²) in [5, 5.41) is 0. The Balaban J connectivity index is 3.22. The Labute approximate surface area is 85.3 Å². The first-order valence-electron chi connectivity index (χ1n) is 4.83. The molecule has 0 spiro atoms. The molecule has 0 saturated carbocycles. The molecule has 0 amide bonds. The summed E-state index contributed by atoms with van der Waals surface area (Å²) in [7, 11) is 1.78. The molecular formula is C11H17N3. The zero-order chi connectivity index (χ0) is 10.7. The normalized spacial score (nSPS) is 12.3. The van der Waals surface area contributed by atoms with Crippen LogP contribution >= 0.6 is 0 Å². The summed E-state index contributed by atoms with van der Waals surface area (Å²) >= 11 is 0. The van der Waals surface area contributed by atoms with Gasteiger partial charge in [0.25, 0.3) is 0 Å². The molecule has 0 fully saturated rings. The SMILES string of the molecule is C/N=C(/C)c1nc(C(C)C)cnc1C. The molecule has 1 rings (SSSR count). The van der Waals surface area contributed by atoms with Gasteiger partial charge in [-0.05, 0) is 19.8 Å². The van der Waals surface area contributed by atoms with Crippen molar-refractivity contribution >= 4 is 5.71 Å². The van der Waals surface area contributed by atoms with Crippen LogP contribution in [0.1, 0.15) is 43.8 Å². The van der Waals surface area contributed by atoms with Gasteiger partial charge in [-0.25, -0.2) is 4.98 Å². The molecule has 1 aromatic heterocycles. The maximum atomic E-state index is 4.55. The number of hydrogen-bond acceptors (Lipinski definition) is 3. The second-order valence-corrected chi connectivity index (χ2v) is 3.69. The zero-order valence-corrected chi connectivity index (χ0v) is 9.50. The minimum Gasteiger partial charge on any atom is -0.291 e. The zero-order valence-electron chi connectivity index (χ0n) is 9.50. The van der Waals surface area contributed by atoms with E-state index in [0.29, 0.717) is 5.92 Å². The first-order valence-corrected chi connectivity index (χ1v) is 4.83. The van der Waals surface area contributed by atoms with Crippen LogP contribution in [0, 0.1) is 6.92 Å². The predicted octanol–water partition coefficient (Wildman–Crippen LogP) is 2.35. The lowest BCUT2D eigenvalue weighted by molar-refractivity contribution is 0.804. The molecule has 1 heterocycles. The van der Waals surface area contributed by atoms with Crippen molar-refractivity contribution in [3.8, 4) is 0 Å². The van der Waals surface area contributed by atoms with E-state index >= 15 is 0 Å². The topological polar surface area (TPSA) is 38.1 Å². The van der Waals surface area contributed by atoms with E-state index in [0.717, 1.165) is 22.8 Å². The molecule has 0 bridgehead atoms. The van der Waals surface area contributed by atoms with Crippen LogP contribution in [0.4, 0.5) is 0 Å². The number of nitrogens with zero attached hydrogens (tertiary/aromatic N) is 3. The van der Waals surface area contributed by atoms with Gasteiger partial charge in [-0.15, -0.1) is 0 Å². The lowest BCUT2D eigenvalue weighted by Crippen LogP contribution is -2.07. The fraction of sp³-hybridized carbons (Fsp3) is 0.545. The number of aliphatic imine (C=N–C) groups is 1. The lowest BCUT2D eigenvalue weighted by atomic mass is 10.1. The third-order valence-corrected chi connectivity index (χ3v) is 2.24. The monoisotopic (exact) mass is 191 g/mol. The molecule has 0 atom stereocenters. The molecular weight excluding hydrogens is 174 g/mol. The molecule has 1 aromatic rings. The second-order valence-electron chi connectivity index (χ2n) is 3.69. The van der Waals surface area contributed by atoms with Gasteiger partial charge in [0.15, 0.2) is 0 Å². The molecule has 0 aliphatic heterocycles. The van der Waals surface area contributed by atoms with Crippen LogP contribution in [0.25, 0.3) is 0 Å². The number of aryl methyl sites for hydroxylation is 1. The minimum absolute atomic E-state index is 0.409. The van der Waals surface area contributed by atoms with Gasteiger partial charge >= 0.3 is 0 Å². The highest BCUT2D eigenvalue weighted by atomic mass is 14.8. The Morgan fingerprint density at radius 2 is 2.07 bits per heavy atom. The standard InChI is InChI=1S/C11H17N3/c1-7(2)10-6-13-9(4)11(14-10)8(3)12-5/h6-7H,1-5H3/b12-8-. The van der Waals surface area contributed by atoms with Crippen molar-refractivity contribution in [1.29, 1.82) is 0 Å². The molecule has 0 aromatic carbocycles. The Kier molecular flexibility index (Phi) is 3.33. The molecule has 3 heteroatoms. The van der Waals surface area contributed by atoms with E-state index in [-0.39, 0.29) is 0 Å². The Bertz CT molecular complexity index is 354. The average molecular weight is 191 g/mol. The molecule has 3 nitrogen and oxygen atoms in total. The molecule has 0 saturated heterocycles. The van der Waals surface area contributed by atoms with Crippen LogP contribution in [0.15, 0.2) is 11.2 Å². The molecule has 14 heavy (non-hydrogen) atoms. The van der Waals surface area contributed by atoms with E-state index in [1.54, 1.807) is 7.05 Å². The van der Waals surface area contributed by atoms with Gasteiger partial charge in [-0.1, -0.05) is 13.8 Å². The van der Waals surface area contributed by atoms with Gasteiger partial charge in [-0.2, -0.15) is 0 Å². The van der Waals surface area contributed by atoms with Gasteiger partial charge in [0.1, 0.15) is 5.69 Å². The van der Waals surface area contributed by atoms with Crippen LogP contribution < -0.4 is 0 Å². The summed E-state index contributed by atoms with van der Waals surface area (Å²) in [6.45, 7) is 8.14. The molecule has 0 radical (unpaired) electrons. The van der Waals surface area contributed by atoms with Gasteiger partial charge < -0.3 is 0 Å². The quantitative estimate of drug-likeness (QED) is 0.673. The second kappa shape index (κ2) is 4.31. The molecule has 76 valence electrons. The fourth-order valence-corrected chi connectivity index (χ4v) is 1.19. The Morgan fingerprint density at radius 1 is 1.43 bits per heavy atom. The van der Waals surface area contributed by atoms with Crippen molar-refractivity contribution in [2.75, 3.05) is 7.05 Å². The van der Waals surface area contributed by atoms with E-state index in [1.807, 2.05) is 20.0 Å². The fourth-order valence-electron chi connectivity index (χ4n) is 1.19. The predicted molar refractivity (Wildman–Crippen MR) is 59.0 cm³/mol. The lowest BCUT2D eigenvalue weighted by Gasteiger charge is -2.08. The van der Waals surface area contributed by atoms with Crippen LogP contribution in [-0.4, -0.2) is 22.7 Å². The van der Waals surface area contributed by atoms with E-state index < -0.39 is 0 Å². The van der Waals surface area contributed by atoms with Crippen LogP contribution in [0.3, 0.4) is 0 Å².